The zero-order chi connectivity index (χ0) is 20.8. The summed E-state index contributed by atoms with van der Waals surface area (Å²) >= 11 is 0. The van der Waals surface area contributed by atoms with Crippen molar-refractivity contribution < 1.29 is 18.0 Å². The number of nitrogens with zero attached hydrogens (tertiary/aromatic N) is 5. The van der Waals surface area contributed by atoms with E-state index in [2.05, 4.69) is 25.5 Å². The molecule has 1 aromatic carbocycles. The summed E-state index contributed by atoms with van der Waals surface area (Å²) in [6.45, 7) is 4.69. The highest BCUT2D eigenvalue weighted by molar-refractivity contribution is 5.98. The van der Waals surface area contributed by atoms with E-state index in [9.17, 15) is 18.0 Å². The zero-order valence-electron chi connectivity index (χ0n) is 15.7. The number of fused-ring (bicyclic) bond motifs is 1. The maximum Gasteiger partial charge on any atom is 0.434 e. The average molecular weight is 402 g/mol. The van der Waals surface area contributed by atoms with Gasteiger partial charge in [0.1, 0.15) is 5.82 Å². The standard InChI is InChI=1S/C19H17F3N6O/c1-10-11(2)26-27-15-4-3-12(5-14(10)15)18(29)25-13-8-28(9-13)17-7-23-16(6-24-17)19(20,21)22/h3-7,13H,8-9H2,1-2H3,(H,25,29). The molecular weight excluding hydrogens is 385 g/mol. The van der Waals surface area contributed by atoms with Crippen LogP contribution in [0.15, 0.2) is 30.6 Å². The largest absolute Gasteiger partial charge is 0.434 e. The molecule has 7 nitrogen and oxygen atoms in total. The van der Waals surface area contributed by atoms with E-state index in [0.29, 0.717) is 30.7 Å². The van der Waals surface area contributed by atoms with E-state index in [-0.39, 0.29) is 11.9 Å². The number of rotatable bonds is 3. The third-order valence-electron chi connectivity index (χ3n) is 4.98. The molecule has 150 valence electrons. The van der Waals surface area contributed by atoms with Crippen molar-refractivity contribution in [3.63, 3.8) is 0 Å². The van der Waals surface area contributed by atoms with Crippen molar-refractivity contribution in [2.24, 2.45) is 0 Å². The predicted octanol–water partition coefficient (Wildman–Crippen LogP) is 2.67. The number of aryl methyl sites for hydroxylation is 2. The molecule has 1 aliphatic heterocycles. The SMILES string of the molecule is Cc1nnc2ccc(C(=O)NC3CN(c4cnc(C(F)(F)F)cn4)C3)cc2c1C. The molecule has 29 heavy (non-hydrogen) atoms. The Hall–Kier alpha value is -3.30. The van der Waals surface area contributed by atoms with Crippen LogP contribution in [-0.2, 0) is 6.18 Å². The lowest BCUT2D eigenvalue weighted by molar-refractivity contribution is -0.141. The van der Waals surface area contributed by atoms with Gasteiger partial charge >= 0.3 is 6.18 Å². The number of hydrogen-bond acceptors (Lipinski definition) is 6. The van der Waals surface area contributed by atoms with E-state index in [4.69, 9.17) is 0 Å². The number of aromatic nitrogens is 4. The Labute approximate surface area is 164 Å². The molecule has 1 N–H and O–H groups in total. The van der Waals surface area contributed by atoms with Crippen molar-refractivity contribution in [1.29, 1.82) is 0 Å². The fourth-order valence-corrected chi connectivity index (χ4v) is 3.12. The fraction of sp³-hybridized carbons (Fsp3) is 0.316. The van der Waals surface area contributed by atoms with Crippen molar-refractivity contribution in [1.82, 2.24) is 25.5 Å². The minimum atomic E-state index is -4.51. The van der Waals surface area contributed by atoms with Crippen LogP contribution in [0.3, 0.4) is 0 Å². The van der Waals surface area contributed by atoms with Crippen LogP contribution in [0.1, 0.15) is 27.3 Å². The number of carbonyl (C=O) groups is 1. The van der Waals surface area contributed by atoms with Gasteiger partial charge in [-0.25, -0.2) is 9.97 Å². The maximum absolute atomic E-state index is 12.6. The van der Waals surface area contributed by atoms with Gasteiger partial charge < -0.3 is 10.2 Å². The van der Waals surface area contributed by atoms with Gasteiger partial charge in [0.2, 0.25) is 0 Å². The highest BCUT2D eigenvalue weighted by Crippen LogP contribution is 2.28. The second kappa shape index (κ2) is 6.94. The average Bonchev–Trinajstić information content (AvgIpc) is 2.66. The second-order valence-corrected chi connectivity index (χ2v) is 6.98. The molecule has 0 unspecified atom stereocenters. The van der Waals surface area contributed by atoms with Crippen LogP contribution in [0.5, 0.6) is 0 Å². The quantitative estimate of drug-likeness (QED) is 0.725. The lowest BCUT2D eigenvalue weighted by Crippen LogP contribution is -2.59. The number of nitrogens with one attached hydrogen (secondary N) is 1. The first-order valence-electron chi connectivity index (χ1n) is 8.91. The lowest BCUT2D eigenvalue weighted by Gasteiger charge is -2.40. The van der Waals surface area contributed by atoms with Gasteiger partial charge in [-0.1, -0.05) is 0 Å². The van der Waals surface area contributed by atoms with Gasteiger partial charge in [0.15, 0.2) is 5.69 Å². The van der Waals surface area contributed by atoms with Gasteiger partial charge in [0.25, 0.3) is 5.91 Å². The van der Waals surface area contributed by atoms with Crippen LogP contribution in [-0.4, -0.2) is 45.2 Å². The molecule has 4 rings (SSSR count). The number of alkyl halides is 3. The molecule has 0 aliphatic carbocycles. The smallest absolute Gasteiger partial charge is 0.351 e. The summed E-state index contributed by atoms with van der Waals surface area (Å²) in [5, 5.41) is 12.0. The number of amides is 1. The summed E-state index contributed by atoms with van der Waals surface area (Å²) < 4.78 is 37.7. The summed E-state index contributed by atoms with van der Waals surface area (Å²) in [5.41, 5.74) is 1.99. The number of carbonyl (C=O) groups excluding carboxylic acids is 1. The third-order valence-corrected chi connectivity index (χ3v) is 4.98. The van der Waals surface area contributed by atoms with Crippen LogP contribution in [0.2, 0.25) is 0 Å². The van der Waals surface area contributed by atoms with Crippen LogP contribution in [0.25, 0.3) is 10.9 Å². The summed E-state index contributed by atoms with van der Waals surface area (Å²) in [7, 11) is 0. The second-order valence-electron chi connectivity index (χ2n) is 6.98. The Morgan fingerprint density at radius 2 is 1.90 bits per heavy atom. The maximum atomic E-state index is 12.6. The Kier molecular flexibility index (Phi) is 4.56. The lowest BCUT2D eigenvalue weighted by atomic mass is 10.0. The van der Waals surface area contributed by atoms with Gasteiger partial charge in [0, 0.05) is 24.0 Å². The molecule has 3 aromatic rings. The highest BCUT2D eigenvalue weighted by Gasteiger charge is 2.34. The number of halogens is 3. The number of anilines is 1. The Balaban J connectivity index is 1.40. The molecule has 0 bridgehead atoms. The molecule has 0 saturated carbocycles. The monoisotopic (exact) mass is 402 g/mol. The molecule has 2 aromatic heterocycles. The van der Waals surface area contributed by atoms with E-state index < -0.39 is 11.9 Å². The third kappa shape index (κ3) is 3.69. The first-order chi connectivity index (χ1) is 13.7. The summed E-state index contributed by atoms with van der Waals surface area (Å²) in [6, 6.07) is 5.12. The molecule has 1 fully saturated rings. The van der Waals surface area contributed by atoms with Gasteiger partial charge in [-0.15, -0.1) is 0 Å². The van der Waals surface area contributed by atoms with E-state index in [1.807, 2.05) is 13.8 Å². The van der Waals surface area contributed by atoms with Crippen LogP contribution in [0, 0.1) is 13.8 Å². The number of hydrogen-bond donors (Lipinski definition) is 1. The minimum absolute atomic E-state index is 0.124. The molecule has 1 saturated heterocycles. The van der Waals surface area contributed by atoms with E-state index >= 15 is 0 Å². The topological polar surface area (TPSA) is 83.9 Å². The Morgan fingerprint density at radius 1 is 1.14 bits per heavy atom. The predicted molar refractivity (Wildman–Crippen MR) is 99.5 cm³/mol. The van der Waals surface area contributed by atoms with Crippen LogP contribution >= 0.6 is 0 Å². The molecule has 0 atom stereocenters. The van der Waals surface area contributed by atoms with E-state index in [1.54, 1.807) is 23.1 Å². The normalized spacial score (nSPS) is 14.7. The molecular formula is C19H17F3N6O. The highest BCUT2D eigenvalue weighted by atomic mass is 19.4. The van der Waals surface area contributed by atoms with Crippen LogP contribution < -0.4 is 10.2 Å². The summed E-state index contributed by atoms with van der Waals surface area (Å²) in [4.78, 5) is 21.5. The molecule has 1 aliphatic rings. The first-order valence-corrected chi connectivity index (χ1v) is 8.91. The van der Waals surface area contributed by atoms with Crippen molar-refractivity contribution in [2.75, 3.05) is 18.0 Å². The molecule has 10 heteroatoms. The molecule has 3 heterocycles. The van der Waals surface area contributed by atoms with E-state index in [0.717, 1.165) is 28.4 Å². The number of benzene rings is 1. The van der Waals surface area contributed by atoms with Crippen molar-refractivity contribution in [3.05, 3.63) is 53.1 Å². The van der Waals surface area contributed by atoms with Crippen molar-refractivity contribution in [3.8, 4) is 0 Å². The molecule has 0 spiro atoms. The summed E-state index contributed by atoms with van der Waals surface area (Å²) in [5.74, 6) is 0.128. The summed E-state index contributed by atoms with van der Waals surface area (Å²) in [6.07, 6.45) is -2.71. The van der Waals surface area contributed by atoms with Gasteiger partial charge in [-0.05, 0) is 37.6 Å². The van der Waals surface area contributed by atoms with Crippen molar-refractivity contribution in [2.45, 2.75) is 26.1 Å². The Morgan fingerprint density at radius 3 is 2.55 bits per heavy atom. The zero-order valence-corrected chi connectivity index (χ0v) is 15.7. The first kappa shape index (κ1) is 19.0. The minimum Gasteiger partial charge on any atom is -0.351 e. The van der Waals surface area contributed by atoms with Gasteiger partial charge in [0.05, 0.1) is 29.6 Å². The molecule has 0 radical (unpaired) electrons. The fourth-order valence-electron chi connectivity index (χ4n) is 3.12. The Bertz CT molecular complexity index is 1080. The molecule has 1 amide bonds. The van der Waals surface area contributed by atoms with Gasteiger partial charge in [-0.2, -0.15) is 23.4 Å². The van der Waals surface area contributed by atoms with Gasteiger partial charge in [-0.3, -0.25) is 4.79 Å². The van der Waals surface area contributed by atoms with Crippen molar-refractivity contribution >= 4 is 22.6 Å². The van der Waals surface area contributed by atoms with Crippen LogP contribution in [0.4, 0.5) is 19.0 Å². The van der Waals surface area contributed by atoms with E-state index in [1.165, 1.54) is 0 Å².